The number of hydrogen-bond donors (Lipinski definition) is 0. The Morgan fingerprint density at radius 1 is 0.500 bits per heavy atom. The molecule has 0 amide bonds. The molecule has 2 aliphatic rings. The van der Waals surface area contributed by atoms with Crippen molar-refractivity contribution in [2.75, 3.05) is 0 Å². The molecule has 0 heterocycles. The molecule has 0 aliphatic heterocycles. The Kier molecular flexibility index (Phi) is 6.61. The van der Waals surface area contributed by atoms with Gasteiger partial charge in [0, 0.05) is 5.92 Å². The normalized spacial score (nSPS) is 15.9. The number of hydrogen-bond acceptors (Lipinski definition) is 0. The highest BCUT2D eigenvalue weighted by atomic mass is 14.3. The molecule has 178 valence electrons. The van der Waals surface area contributed by atoms with Gasteiger partial charge in [0.05, 0.1) is 0 Å². The molecule has 1 unspecified atom stereocenters. The summed E-state index contributed by atoms with van der Waals surface area (Å²) in [6.45, 7) is 0. The molecule has 0 saturated heterocycles. The van der Waals surface area contributed by atoms with Crippen LogP contribution in [0, 0.1) is 0 Å². The monoisotopic (exact) mass is 514 g/mol. The van der Waals surface area contributed by atoms with Gasteiger partial charge in [-0.1, -0.05) is 88.6 Å². The van der Waals surface area contributed by atoms with E-state index < -0.39 is 0 Å². The summed E-state index contributed by atoms with van der Waals surface area (Å²) in [5, 5.41) is 7.31. The van der Waals surface area contributed by atoms with Crippen LogP contribution in [0.1, 0.15) is 36.3 Å². The molecule has 0 bridgehead atoms. The van der Waals surface area contributed by atoms with Crippen molar-refractivity contribution >= 4 is 152 Å². The molecule has 0 N–H and O–H groups in total. The van der Waals surface area contributed by atoms with Crippen molar-refractivity contribution in [3.8, 4) is 0 Å². The lowest BCUT2D eigenvalue weighted by Gasteiger charge is -2.31. The van der Waals surface area contributed by atoms with Crippen molar-refractivity contribution in [1.29, 1.82) is 0 Å². The van der Waals surface area contributed by atoms with Crippen LogP contribution in [0.15, 0.2) is 48.5 Å². The van der Waals surface area contributed by atoms with Crippen LogP contribution < -0.4 is 64.6 Å². The second-order valence-electron chi connectivity index (χ2n) is 11.2. The predicted molar refractivity (Wildman–Crippen MR) is 188 cm³/mol. The van der Waals surface area contributed by atoms with Crippen LogP contribution in [0.2, 0.25) is 0 Å². The molecule has 0 spiro atoms. The summed E-state index contributed by atoms with van der Waals surface area (Å²) in [4.78, 5) is 0. The summed E-state index contributed by atoms with van der Waals surface area (Å²) in [6.07, 6.45) is 8.95. The van der Waals surface area contributed by atoms with Crippen LogP contribution in [0.4, 0.5) is 0 Å². The minimum Gasteiger partial charge on any atom is -0.110 e. The Morgan fingerprint density at radius 3 is 1.60 bits per heavy atom. The topological polar surface area (TPSA) is 0 Å². The minimum absolute atomic E-state index is 0.134. The van der Waals surface area contributed by atoms with E-state index in [1.807, 2.05) is 24.3 Å². The lowest BCUT2D eigenvalue weighted by Crippen LogP contribution is -2.50. The molecule has 8 heteroatoms. The van der Waals surface area contributed by atoms with Crippen LogP contribution in [-0.2, 0) is 0 Å². The first-order valence-electron chi connectivity index (χ1n) is 14.0. The van der Waals surface area contributed by atoms with Gasteiger partial charge in [0.25, 0.3) is 0 Å². The Morgan fingerprint density at radius 2 is 1.00 bits per heavy atom. The summed E-state index contributed by atoms with van der Waals surface area (Å²) in [7, 11) is 53.8. The minimum atomic E-state index is -0.134. The van der Waals surface area contributed by atoms with Crippen LogP contribution in [0.25, 0.3) is 45.3 Å². The molecule has 0 nitrogen and oxygen atoms in total. The zero-order valence-corrected chi connectivity index (χ0v) is 23.2. The van der Waals surface area contributed by atoms with Crippen molar-refractivity contribution in [3.63, 3.8) is 0 Å². The van der Waals surface area contributed by atoms with Gasteiger partial charge in [-0.15, -0.1) is 21.9 Å². The van der Waals surface area contributed by atoms with E-state index in [9.17, 15) is 0 Å². The summed E-state index contributed by atoms with van der Waals surface area (Å²) in [5.41, 5.74) is 5.10. The molecule has 5 aromatic rings. The summed E-state index contributed by atoms with van der Waals surface area (Å²) in [6, 6.07) is 16.5. The van der Waals surface area contributed by atoms with Crippen molar-refractivity contribution in [1.82, 2.24) is 0 Å². The fourth-order valence-electron chi connectivity index (χ4n) is 6.96. The Balaban J connectivity index is 1.82. The molecule has 0 saturated carbocycles. The second kappa shape index (κ2) is 10.1. The maximum Gasteiger partial charge on any atom is 0.113 e. The van der Waals surface area contributed by atoms with Gasteiger partial charge in [-0.05, 0) is 78.4 Å². The molecular weight excluding hydrogens is 495 g/mol. The second-order valence-corrected chi connectivity index (χ2v) is 11.2. The molecular formula is C34H18B8. The van der Waals surface area contributed by atoms with E-state index in [4.69, 9.17) is 62.8 Å². The van der Waals surface area contributed by atoms with Crippen LogP contribution in [0.3, 0.4) is 0 Å². The predicted octanol–water partition coefficient (Wildman–Crippen LogP) is -4.13. The number of rotatable bonds is 2. The zero-order chi connectivity index (χ0) is 29.4. The standard InChI is InChI=1S/C34H18B8/c35-27-23-21(18-13-12-15-6-1-2-8-17(15)14-18)24-26(30(38)34(42)32(40)28(24)36)22(25(23)29(37)33(41)31(27)39)20-11-5-9-16-7-3-4-10-19(16)20/h1-4,6-10,12,14,18H,5,11,13H2. The van der Waals surface area contributed by atoms with Gasteiger partial charge in [0.1, 0.15) is 62.8 Å². The summed E-state index contributed by atoms with van der Waals surface area (Å²) < 4.78 is 0. The lowest BCUT2D eigenvalue weighted by atomic mass is 9.58. The van der Waals surface area contributed by atoms with Crippen molar-refractivity contribution < 1.29 is 0 Å². The van der Waals surface area contributed by atoms with E-state index in [2.05, 4.69) is 42.5 Å². The summed E-state index contributed by atoms with van der Waals surface area (Å²) in [5.74, 6) is -0.134. The van der Waals surface area contributed by atoms with Crippen molar-refractivity contribution in [2.24, 2.45) is 0 Å². The van der Waals surface area contributed by atoms with E-state index in [0.29, 0.717) is 49.8 Å². The van der Waals surface area contributed by atoms with Gasteiger partial charge < -0.3 is 0 Å². The van der Waals surface area contributed by atoms with Crippen molar-refractivity contribution in [2.45, 2.75) is 25.2 Å². The highest BCUT2D eigenvalue weighted by molar-refractivity contribution is 6.70. The highest BCUT2D eigenvalue weighted by Crippen LogP contribution is 2.39. The quantitative estimate of drug-likeness (QED) is 0.167. The number of benzene rings is 5. The van der Waals surface area contributed by atoms with Gasteiger partial charge in [0.2, 0.25) is 0 Å². The maximum absolute atomic E-state index is 6.91. The summed E-state index contributed by atoms with van der Waals surface area (Å²) >= 11 is 0. The third kappa shape index (κ3) is 3.87. The van der Waals surface area contributed by atoms with E-state index in [0.717, 1.165) is 50.4 Å². The van der Waals surface area contributed by atoms with Crippen molar-refractivity contribution in [3.05, 3.63) is 80.5 Å². The Labute approximate surface area is 256 Å². The van der Waals surface area contributed by atoms with Gasteiger partial charge in [-0.2, -0.15) is 0 Å². The van der Waals surface area contributed by atoms with E-state index in [-0.39, 0.29) is 27.8 Å². The smallest absolute Gasteiger partial charge is 0.110 e. The van der Waals surface area contributed by atoms with Gasteiger partial charge >= 0.3 is 0 Å². The van der Waals surface area contributed by atoms with Gasteiger partial charge in [0.15, 0.2) is 0 Å². The van der Waals surface area contributed by atoms with Gasteiger partial charge in [-0.3, -0.25) is 0 Å². The van der Waals surface area contributed by atoms with E-state index in [1.165, 1.54) is 0 Å². The SMILES string of the molecule is [B]c1c([B])c([B])c2c(C3C=c4ccccc4=CC3)c3c([B])c([B])c([B])c([B])c3c(C3=c4ccccc4=CCC3)c2c1[B]. The third-order valence-corrected chi connectivity index (χ3v) is 9.04. The van der Waals surface area contributed by atoms with Gasteiger partial charge in [-0.25, -0.2) is 0 Å². The molecule has 5 aromatic carbocycles. The maximum atomic E-state index is 6.91. The number of fused-ring (bicyclic) bond motifs is 4. The Bertz CT molecular complexity index is 2190. The third-order valence-electron chi connectivity index (χ3n) is 9.04. The van der Waals surface area contributed by atoms with Crippen LogP contribution >= 0.6 is 0 Å². The lowest BCUT2D eigenvalue weighted by molar-refractivity contribution is 0.941. The average Bonchev–Trinajstić information content (AvgIpc) is 3.02. The molecule has 7 rings (SSSR count). The van der Waals surface area contributed by atoms with Crippen LogP contribution in [0.5, 0.6) is 0 Å². The molecule has 2 aliphatic carbocycles. The van der Waals surface area contributed by atoms with Crippen LogP contribution in [-0.4, -0.2) is 62.8 Å². The fourth-order valence-corrected chi connectivity index (χ4v) is 6.96. The largest absolute Gasteiger partial charge is 0.113 e. The highest BCUT2D eigenvalue weighted by Gasteiger charge is 2.28. The first-order chi connectivity index (χ1) is 20.2. The molecule has 16 radical (unpaired) electrons. The molecule has 0 fully saturated rings. The fraction of sp³-hybridized carbons (Fsp3) is 0.118. The van der Waals surface area contributed by atoms with E-state index in [1.54, 1.807) is 0 Å². The zero-order valence-electron chi connectivity index (χ0n) is 23.2. The molecule has 1 atom stereocenters. The average molecular weight is 513 g/mol. The molecule has 0 aromatic heterocycles. The van der Waals surface area contributed by atoms with E-state index >= 15 is 0 Å². The Hall–Kier alpha value is -3.38. The first kappa shape index (κ1) is 27.5. The first-order valence-corrected chi connectivity index (χ1v) is 14.0. The molecule has 42 heavy (non-hydrogen) atoms.